The van der Waals surface area contributed by atoms with Gasteiger partial charge in [0.25, 0.3) is 0 Å². The molecule has 2 aromatic carbocycles. The van der Waals surface area contributed by atoms with E-state index in [9.17, 15) is 0 Å². The van der Waals surface area contributed by atoms with Crippen molar-refractivity contribution in [2.24, 2.45) is 0 Å². The van der Waals surface area contributed by atoms with E-state index in [1.807, 2.05) is 0 Å². The molecule has 0 fully saturated rings. The predicted octanol–water partition coefficient (Wildman–Crippen LogP) is 5.32. The number of benzene rings is 2. The van der Waals surface area contributed by atoms with E-state index in [2.05, 4.69) is 76.1 Å². The first-order chi connectivity index (χ1) is 10.9. The Balaban J connectivity index is 2.10. The molecule has 1 N–H and O–H groups in total. The highest BCUT2D eigenvalue weighted by molar-refractivity contribution is 6.28. The Bertz CT molecular complexity index is 1310. The molecule has 0 saturated heterocycles. The number of aromatic amines is 1. The number of fused-ring (bicyclic) bond motifs is 8. The van der Waals surface area contributed by atoms with Crippen molar-refractivity contribution in [2.45, 2.75) is 0 Å². The standard InChI is InChI=1S/C20H12N2/c1-2-7-13-12(6-1)16-10-5-11-17-18-14-8-3-4-9-15(14)21-19(18)20(13)22(16)17/h1-11,21H. The van der Waals surface area contributed by atoms with Gasteiger partial charge in [-0.2, -0.15) is 0 Å². The highest BCUT2D eigenvalue weighted by Crippen LogP contribution is 2.41. The van der Waals surface area contributed by atoms with Crippen molar-refractivity contribution in [1.29, 1.82) is 0 Å². The fourth-order valence-corrected chi connectivity index (χ4v) is 4.02. The van der Waals surface area contributed by atoms with Gasteiger partial charge in [0.15, 0.2) is 0 Å². The number of nitrogens with zero attached hydrogens (tertiary/aromatic N) is 1. The van der Waals surface area contributed by atoms with Crippen LogP contribution in [0.3, 0.4) is 0 Å². The molecule has 2 nitrogen and oxygen atoms in total. The van der Waals surface area contributed by atoms with Gasteiger partial charge in [-0.1, -0.05) is 48.5 Å². The molecular weight excluding hydrogens is 268 g/mol. The van der Waals surface area contributed by atoms with E-state index in [1.165, 1.54) is 49.1 Å². The zero-order valence-electron chi connectivity index (χ0n) is 11.8. The smallest absolute Gasteiger partial charge is 0.0784 e. The first kappa shape index (κ1) is 10.7. The molecule has 22 heavy (non-hydrogen) atoms. The number of pyridine rings is 1. The van der Waals surface area contributed by atoms with Gasteiger partial charge in [-0.15, -0.1) is 0 Å². The normalized spacial score (nSPS) is 12.5. The number of para-hydroxylation sites is 1. The molecule has 0 unspecified atom stereocenters. The molecule has 0 atom stereocenters. The molecular formula is C20H12N2. The molecule has 6 aromatic rings. The average molecular weight is 280 g/mol. The van der Waals surface area contributed by atoms with Crippen LogP contribution in [0.1, 0.15) is 0 Å². The van der Waals surface area contributed by atoms with Crippen molar-refractivity contribution in [3.8, 4) is 0 Å². The van der Waals surface area contributed by atoms with Crippen LogP contribution < -0.4 is 0 Å². The van der Waals surface area contributed by atoms with Crippen LogP contribution in [0.25, 0.3) is 49.1 Å². The zero-order chi connectivity index (χ0) is 14.3. The van der Waals surface area contributed by atoms with Gasteiger partial charge in [-0.05, 0) is 18.2 Å². The minimum atomic E-state index is 1.21. The third kappa shape index (κ3) is 1.03. The molecule has 4 aromatic heterocycles. The van der Waals surface area contributed by atoms with Crippen LogP contribution in [0.5, 0.6) is 0 Å². The summed E-state index contributed by atoms with van der Waals surface area (Å²) < 4.78 is 2.40. The van der Waals surface area contributed by atoms with Crippen LogP contribution in [0.4, 0.5) is 0 Å². The Morgan fingerprint density at radius 1 is 0.636 bits per heavy atom. The number of rotatable bonds is 0. The van der Waals surface area contributed by atoms with Crippen LogP contribution in [0, 0.1) is 0 Å². The Labute approximate surface area is 125 Å². The average Bonchev–Trinajstić information content (AvgIpc) is 3.19. The molecule has 0 aliphatic rings. The van der Waals surface area contributed by atoms with Crippen molar-refractivity contribution in [2.75, 3.05) is 0 Å². The zero-order valence-corrected chi connectivity index (χ0v) is 11.8. The number of nitrogens with one attached hydrogen (secondary N) is 1. The largest absolute Gasteiger partial charge is 0.353 e. The summed E-state index contributed by atoms with van der Waals surface area (Å²) in [5.41, 5.74) is 6.33. The third-order valence-corrected chi connectivity index (χ3v) is 4.87. The second-order valence-electron chi connectivity index (χ2n) is 5.95. The molecule has 0 spiro atoms. The Hall–Kier alpha value is -3.00. The number of hydrogen-bond acceptors (Lipinski definition) is 0. The number of hydrogen-bond donors (Lipinski definition) is 1. The number of aromatic nitrogens is 2. The van der Waals surface area contributed by atoms with Crippen LogP contribution >= 0.6 is 0 Å². The minimum absolute atomic E-state index is 1.21. The Morgan fingerprint density at radius 3 is 2.27 bits per heavy atom. The SMILES string of the molecule is c1ccc2c(c1)[nH]c1c2c2cccc3c4ccccc4c1n32. The van der Waals surface area contributed by atoms with E-state index in [0.29, 0.717) is 0 Å². The highest BCUT2D eigenvalue weighted by atomic mass is 14.9. The molecule has 102 valence electrons. The predicted molar refractivity (Wildman–Crippen MR) is 93.0 cm³/mol. The summed E-state index contributed by atoms with van der Waals surface area (Å²) in [6, 6.07) is 23.8. The van der Waals surface area contributed by atoms with E-state index < -0.39 is 0 Å². The van der Waals surface area contributed by atoms with Crippen LogP contribution in [-0.4, -0.2) is 9.38 Å². The molecule has 4 heterocycles. The quantitative estimate of drug-likeness (QED) is 0.389. The topological polar surface area (TPSA) is 20.2 Å². The molecule has 6 rings (SSSR count). The fraction of sp³-hybridized carbons (Fsp3) is 0. The van der Waals surface area contributed by atoms with Crippen LogP contribution in [0.15, 0.2) is 66.7 Å². The van der Waals surface area contributed by atoms with Gasteiger partial charge in [0.05, 0.1) is 22.1 Å². The van der Waals surface area contributed by atoms with Gasteiger partial charge >= 0.3 is 0 Å². The molecule has 0 aliphatic carbocycles. The maximum atomic E-state index is 3.64. The van der Waals surface area contributed by atoms with Crippen molar-refractivity contribution in [1.82, 2.24) is 9.38 Å². The molecule has 0 amide bonds. The van der Waals surface area contributed by atoms with E-state index >= 15 is 0 Å². The second-order valence-corrected chi connectivity index (χ2v) is 5.95. The lowest BCUT2D eigenvalue weighted by Gasteiger charge is -1.97. The molecule has 0 aliphatic heterocycles. The van der Waals surface area contributed by atoms with E-state index in [0.717, 1.165) is 0 Å². The molecule has 0 bridgehead atoms. The first-order valence-corrected chi connectivity index (χ1v) is 7.57. The second kappa shape index (κ2) is 3.42. The van der Waals surface area contributed by atoms with E-state index in [1.54, 1.807) is 0 Å². The van der Waals surface area contributed by atoms with Gasteiger partial charge < -0.3 is 9.38 Å². The van der Waals surface area contributed by atoms with Crippen LogP contribution in [-0.2, 0) is 0 Å². The third-order valence-electron chi connectivity index (χ3n) is 4.87. The van der Waals surface area contributed by atoms with Crippen molar-refractivity contribution < 1.29 is 0 Å². The first-order valence-electron chi connectivity index (χ1n) is 7.57. The summed E-state index contributed by atoms with van der Waals surface area (Å²) in [5.74, 6) is 0. The van der Waals surface area contributed by atoms with Crippen LogP contribution in [0.2, 0.25) is 0 Å². The lowest BCUT2D eigenvalue weighted by atomic mass is 10.1. The van der Waals surface area contributed by atoms with Crippen molar-refractivity contribution in [3.63, 3.8) is 0 Å². The van der Waals surface area contributed by atoms with E-state index in [-0.39, 0.29) is 0 Å². The summed E-state index contributed by atoms with van der Waals surface area (Å²) in [6.07, 6.45) is 0. The Kier molecular flexibility index (Phi) is 1.66. The van der Waals surface area contributed by atoms with Gasteiger partial charge in [0.1, 0.15) is 0 Å². The van der Waals surface area contributed by atoms with E-state index in [4.69, 9.17) is 0 Å². The molecule has 0 radical (unpaired) electrons. The summed E-state index contributed by atoms with van der Waals surface area (Å²) in [6.45, 7) is 0. The summed E-state index contributed by atoms with van der Waals surface area (Å²) in [5, 5.41) is 5.28. The highest BCUT2D eigenvalue weighted by Gasteiger charge is 2.19. The van der Waals surface area contributed by atoms with Gasteiger partial charge in [0.2, 0.25) is 0 Å². The summed E-state index contributed by atoms with van der Waals surface area (Å²) >= 11 is 0. The summed E-state index contributed by atoms with van der Waals surface area (Å²) in [7, 11) is 0. The van der Waals surface area contributed by atoms with Crippen molar-refractivity contribution >= 4 is 49.1 Å². The monoisotopic (exact) mass is 280 g/mol. The fourth-order valence-electron chi connectivity index (χ4n) is 4.02. The van der Waals surface area contributed by atoms with Gasteiger partial charge in [0, 0.05) is 27.1 Å². The van der Waals surface area contributed by atoms with Gasteiger partial charge in [-0.25, -0.2) is 0 Å². The maximum Gasteiger partial charge on any atom is 0.0784 e. The van der Waals surface area contributed by atoms with Gasteiger partial charge in [-0.3, -0.25) is 0 Å². The molecule has 0 saturated carbocycles. The maximum absolute atomic E-state index is 3.64. The Morgan fingerprint density at radius 2 is 1.36 bits per heavy atom. The minimum Gasteiger partial charge on any atom is -0.353 e. The lowest BCUT2D eigenvalue weighted by molar-refractivity contribution is 1.36. The summed E-state index contributed by atoms with van der Waals surface area (Å²) in [4.78, 5) is 3.64. The molecule has 2 heteroatoms. The lowest BCUT2D eigenvalue weighted by Crippen LogP contribution is -1.81. The van der Waals surface area contributed by atoms with Crippen molar-refractivity contribution in [3.05, 3.63) is 66.7 Å². The number of H-pyrrole nitrogens is 1.